The van der Waals surface area contributed by atoms with Crippen LogP contribution in [0, 0.1) is 6.92 Å². The third kappa shape index (κ3) is 2.51. The van der Waals surface area contributed by atoms with Crippen molar-refractivity contribution >= 4 is 23.0 Å². The van der Waals surface area contributed by atoms with E-state index in [9.17, 15) is 4.79 Å². The van der Waals surface area contributed by atoms with Crippen molar-refractivity contribution in [1.29, 1.82) is 0 Å². The Morgan fingerprint density at radius 2 is 2.06 bits per heavy atom. The van der Waals surface area contributed by atoms with Gasteiger partial charge in [0.2, 0.25) is 0 Å². The number of hydrogen-bond donors (Lipinski definition) is 1. The van der Waals surface area contributed by atoms with Crippen LogP contribution in [-0.2, 0) is 4.74 Å². The largest absolute Gasteiger partial charge is 0.461 e. The van der Waals surface area contributed by atoms with Crippen LogP contribution in [0.2, 0.25) is 0 Å². The predicted octanol–water partition coefficient (Wildman–Crippen LogP) is 2.88. The number of aryl methyl sites for hydroxylation is 1. The van der Waals surface area contributed by atoms with E-state index in [1.54, 1.807) is 6.92 Å². The molecule has 0 aliphatic rings. The quantitative estimate of drug-likeness (QED) is 0.682. The lowest BCUT2D eigenvalue weighted by molar-refractivity contribution is 0.0519. The number of nitrogens with zero attached hydrogens (tertiary/aromatic N) is 1. The molecule has 0 saturated heterocycles. The van der Waals surface area contributed by atoms with Gasteiger partial charge in [0.25, 0.3) is 0 Å². The van der Waals surface area contributed by atoms with Crippen LogP contribution in [-0.4, -0.2) is 17.6 Å². The van der Waals surface area contributed by atoms with Gasteiger partial charge in [-0.25, -0.2) is 9.78 Å². The van der Waals surface area contributed by atoms with E-state index in [0.29, 0.717) is 18.0 Å². The van der Waals surface area contributed by atoms with E-state index in [-0.39, 0.29) is 5.97 Å². The van der Waals surface area contributed by atoms with E-state index in [0.717, 1.165) is 15.4 Å². The van der Waals surface area contributed by atoms with Crippen LogP contribution >= 0.6 is 11.3 Å². The lowest BCUT2D eigenvalue weighted by Crippen LogP contribution is -2.06. The number of nitrogen functional groups attached to an aromatic ring is 1. The summed E-state index contributed by atoms with van der Waals surface area (Å²) in [5.74, 6) is -0.368. The molecule has 0 fully saturated rings. The fraction of sp³-hybridized carbons (Fsp3) is 0.231. The second-order valence-electron chi connectivity index (χ2n) is 3.77. The standard InChI is InChI=1S/C13H14N2O2S/c1-3-17-13(16)11-8(2)18-12(15-11)9-4-6-10(14)7-5-9/h4-7H,3,14H2,1-2H3. The molecule has 0 spiro atoms. The van der Waals surface area contributed by atoms with E-state index in [4.69, 9.17) is 10.5 Å². The highest BCUT2D eigenvalue weighted by Crippen LogP contribution is 2.28. The molecule has 18 heavy (non-hydrogen) atoms. The molecule has 0 amide bonds. The first kappa shape index (κ1) is 12.6. The summed E-state index contributed by atoms with van der Waals surface area (Å²) in [5.41, 5.74) is 7.69. The second-order valence-corrected chi connectivity index (χ2v) is 4.97. The first-order valence-electron chi connectivity index (χ1n) is 5.62. The van der Waals surface area contributed by atoms with Gasteiger partial charge in [-0.1, -0.05) is 0 Å². The maximum Gasteiger partial charge on any atom is 0.358 e. The Kier molecular flexibility index (Phi) is 3.62. The smallest absolute Gasteiger partial charge is 0.358 e. The number of thiazole rings is 1. The summed E-state index contributed by atoms with van der Waals surface area (Å²) in [6.07, 6.45) is 0. The molecule has 94 valence electrons. The Labute approximate surface area is 109 Å². The molecule has 0 saturated carbocycles. The molecule has 0 aliphatic carbocycles. The molecule has 0 unspecified atom stereocenters. The van der Waals surface area contributed by atoms with Crippen LogP contribution in [0.5, 0.6) is 0 Å². The lowest BCUT2D eigenvalue weighted by Gasteiger charge is -1.98. The van der Waals surface area contributed by atoms with Gasteiger partial charge in [0, 0.05) is 16.1 Å². The Bertz CT molecular complexity index is 561. The number of rotatable bonds is 3. The van der Waals surface area contributed by atoms with Crippen molar-refractivity contribution in [2.75, 3.05) is 12.3 Å². The molecule has 0 bridgehead atoms. The molecule has 0 aliphatic heterocycles. The van der Waals surface area contributed by atoms with Crippen molar-refractivity contribution in [2.24, 2.45) is 0 Å². The van der Waals surface area contributed by atoms with Gasteiger partial charge in [-0.2, -0.15) is 0 Å². The number of hydrogen-bond acceptors (Lipinski definition) is 5. The Hall–Kier alpha value is -1.88. The summed E-state index contributed by atoms with van der Waals surface area (Å²) < 4.78 is 4.96. The van der Waals surface area contributed by atoms with Gasteiger partial charge < -0.3 is 10.5 Å². The number of aromatic nitrogens is 1. The zero-order valence-electron chi connectivity index (χ0n) is 10.3. The van der Waals surface area contributed by atoms with Gasteiger partial charge in [-0.05, 0) is 38.1 Å². The van der Waals surface area contributed by atoms with Gasteiger partial charge in [0.15, 0.2) is 5.69 Å². The number of nitrogens with two attached hydrogens (primary N) is 1. The highest BCUT2D eigenvalue weighted by atomic mass is 32.1. The summed E-state index contributed by atoms with van der Waals surface area (Å²) in [6.45, 7) is 4.00. The molecule has 4 nitrogen and oxygen atoms in total. The molecule has 2 rings (SSSR count). The number of carbonyl (C=O) groups is 1. The van der Waals surface area contributed by atoms with Crippen molar-refractivity contribution in [3.63, 3.8) is 0 Å². The zero-order chi connectivity index (χ0) is 13.1. The van der Waals surface area contributed by atoms with E-state index in [1.165, 1.54) is 11.3 Å². The molecule has 1 heterocycles. The fourth-order valence-electron chi connectivity index (χ4n) is 1.53. The topological polar surface area (TPSA) is 65.2 Å². The zero-order valence-corrected chi connectivity index (χ0v) is 11.1. The number of ether oxygens (including phenoxy) is 1. The van der Waals surface area contributed by atoms with Gasteiger partial charge in [-0.3, -0.25) is 0 Å². The van der Waals surface area contributed by atoms with Crippen LogP contribution in [0.3, 0.4) is 0 Å². The van der Waals surface area contributed by atoms with E-state index in [1.807, 2.05) is 31.2 Å². The van der Waals surface area contributed by atoms with Crippen LogP contribution in [0.4, 0.5) is 5.69 Å². The molecular weight excluding hydrogens is 248 g/mol. The average molecular weight is 262 g/mol. The molecular formula is C13H14N2O2S. The molecule has 0 radical (unpaired) electrons. The average Bonchev–Trinajstić information content (AvgIpc) is 2.72. The summed E-state index contributed by atoms with van der Waals surface area (Å²) >= 11 is 1.47. The summed E-state index contributed by atoms with van der Waals surface area (Å²) in [7, 11) is 0. The summed E-state index contributed by atoms with van der Waals surface area (Å²) in [5, 5.41) is 0.801. The minimum absolute atomic E-state index is 0.354. The van der Waals surface area contributed by atoms with Crippen molar-refractivity contribution in [3.8, 4) is 10.6 Å². The molecule has 0 atom stereocenters. The SMILES string of the molecule is CCOC(=O)c1nc(-c2ccc(N)cc2)sc1C. The Balaban J connectivity index is 2.34. The Morgan fingerprint density at radius 3 is 2.67 bits per heavy atom. The third-order valence-electron chi connectivity index (χ3n) is 2.42. The fourth-order valence-corrected chi connectivity index (χ4v) is 2.44. The minimum atomic E-state index is -0.368. The molecule has 1 aromatic carbocycles. The third-order valence-corrected chi connectivity index (χ3v) is 3.44. The van der Waals surface area contributed by atoms with Gasteiger partial charge in [0.05, 0.1) is 6.61 Å². The van der Waals surface area contributed by atoms with Crippen LogP contribution in [0.1, 0.15) is 22.3 Å². The summed E-state index contributed by atoms with van der Waals surface area (Å²) in [6, 6.07) is 7.41. The molecule has 5 heteroatoms. The van der Waals surface area contributed by atoms with Gasteiger partial charge in [-0.15, -0.1) is 11.3 Å². The Morgan fingerprint density at radius 1 is 1.39 bits per heavy atom. The normalized spacial score (nSPS) is 10.3. The number of anilines is 1. The van der Waals surface area contributed by atoms with Crippen LogP contribution in [0.15, 0.2) is 24.3 Å². The number of benzene rings is 1. The number of esters is 1. The first-order chi connectivity index (χ1) is 8.61. The monoisotopic (exact) mass is 262 g/mol. The highest BCUT2D eigenvalue weighted by Gasteiger charge is 2.16. The van der Waals surface area contributed by atoms with Crippen LogP contribution < -0.4 is 5.73 Å². The molecule has 2 aromatic rings. The first-order valence-corrected chi connectivity index (χ1v) is 6.44. The highest BCUT2D eigenvalue weighted by molar-refractivity contribution is 7.15. The van der Waals surface area contributed by atoms with Crippen molar-refractivity contribution in [2.45, 2.75) is 13.8 Å². The number of carbonyl (C=O) groups excluding carboxylic acids is 1. The predicted molar refractivity (Wildman–Crippen MR) is 72.7 cm³/mol. The van der Waals surface area contributed by atoms with Crippen molar-refractivity contribution < 1.29 is 9.53 Å². The lowest BCUT2D eigenvalue weighted by atomic mass is 10.2. The summed E-state index contributed by atoms with van der Waals surface area (Å²) in [4.78, 5) is 16.9. The maximum absolute atomic E-state index is 11.7. The molecule has 1 aromatic heterocycles. The molecule has 2 N–H and O–H groups in total. The van der Waals surface area contributed by atoms with E-state index < -0.39 is 0 Å². The van der Waals surface area contributed by atoms with Crippen molar-refractivity contribution in [1.82, 2.24) is 4.98 Å². The second kappa shape index (κ2) is 5.18. The van der Waals surface area contributed by atoms with Crippen molar-refractivity contribution in [3.05, 3.63) is 34.8 Å². The van der Waals surface area contributed by atoms with Gasteiger partial charge in [0.1, 0.15) is 5.01 Å². The van der Waals surface area contributed by atoms with E-state index >= 15 is 0 Å². The minimum Gasteiger partial charge on any atom is -0.461 e. The van der Waals surface area contributed by atoms with E-state index in [2.05, 4.69) is 4.98 Å². The van der Waals surface area contributed by atoms with Gasteiger partial charge >= 0.3 is 5.97 Å². The van der Waals surface area contributed by atoms with Crippen LogP contribution in [0.25, 0.3) is 10.6 Å². The maximum atomic E-state index is 11.7.